The molecule has 0 unspecified atom stereocenters. The van der Waals surface area contributed by atoms with Crippen LogP contribution in [-0.2, 0) is 0 Å². The van der Waals surface area contributed by atoms with Crippen molar-refractivity contribution in [1.29, 1.82) is 0 Å². The third-order valence-corrected chi connectivity index (χ3v) is 2.16. The van der Waals surface area contributed by atoms with E-state index in [4.69, 9.17) is 10.5 Å². The van der Waals surface area contributed by atoms with Crippen LogP contribution in [0.1, 0.15) is 5.56 Å². The second-order valence-electron chi connectivity index (χ2n) is 3.61. The second kappa shape index (κ2) is 4.66. The zero-order valence-electron chi connectivity index (χ0n) is 9.53. The van der Waals surface area contributed by atoms with Crippen LogP contribution in [0.25, 0.3) is 0 Å². The Morgan fingerprint density at radius 2 is 2.17 bits per heavy atom. The quantitative estimate of drug-likeness (QED) is 0.656. The van der Waals surface area contributed by atoms with Crippen LogP contribution in [0.3, 0.4) is 0 Å². The monoisotopic (exact) mass is 246 g/mol. The van der Waals surface area contributed by atoms with Gasteiger partial charge in [0.1, 0.15) is 5.82 Å². The molecule has 0 saturated heterocycles. The summed E-state index contributed by atoms with van der Waals surface area (Å²) in [6.45, 7) is 1.81. The van der Waals surface area contributed by atoms with E-state index in [1.807, 2.05) is 6.92 Å². The lowest BCUT2D eigenvalue weighted by atomic mass is 10.2. The highest BCUT2D eigenvalue weighted by atomic mass is 16.6. The number of nitro benzene ring substituents is 1. The van der Waals surface area contributed by atoms with Gasteiger partial charge in [-0.3, -0.25) is 15.1 Å². The summed E-state index contributed by atoms with van der Waals surface area (Å²) in [4.78, 5) is 18.0. The van der Waals surface area contributed by atoms with Crippen LogP contribution in [-0.4, -0.2) is 14.9 Å². The van der Waals surface area contributed by atoms with Gasteiger partial charge in [0.15, 0.2) is 0 Å². The van der Waals surface area contributed by atoms with E-state index in [1.165, 1.54) is 18.5 Å². The number of hydrogen-bond acceptors (Lipinski definition) is 6. The van der Waals surface area contributed by atoms with E-state index in [0.29, 0.717) is 0 Å². The molecule has 0 aliphatic carbocycles. The summed E-state index contributed by atoms with van der Waals surface area (Å²) < 4.78 is 5.34. The Labute approximate surface area is 102 Å². The minimum absolute atomic E-state index is 0.111. The molecule has 2 N–H and O–H groups in total. The lowest BCUT2D eigenvalue weighted by molar-refractivity contribution is -0.385. The molecule has 7 heteroatoms. The van der Waals surface area contributed by atoms with Gasteiger partial charge in [-0.05, 0) is 18.6 Å². The van der Waals surface area contributed by atoms with Crippen molar-refractivity contribution in [2.75, 3.05) is 5.73 Å². The SMILES string of the molecule is Cc1ccc([N+](=O)[O-])c(Oc2cncc(N)n2)c1. The highest BCUT2D eigenvalue weighted by molar-refractivity contribution is 5.49. The lowest BCUT2D eigenvalue weighted by Gasteiger charge is -2.06. The van der Waals surface area contributed by atoms with E-state index >= 15 is 0 Å². The van der Waals surface area contributed by atoms with Gasteiger partial charge < -0.3 is 10.5 Å². The number of nitrogens with zero attached hydrogens (tertiary/aromatic N) is 3. The molecule has 2 aromatic rings. The van der Waals surface area contributed by atoms with Gasteiger partial charge >= 0.3 is 5.69 Å². The first-order chi connectivity index (χ1) is 8.56. The summed E-state index contributed by atoms with van der Waals surface area (Å²) in [6, 6.07) is 4.57. The molecule has 18 heavy (non-hydrogen) atoms. The van der Waals surface area contributed by atoms with Crippen molar-refractivity contribution in [1.82, 2.24) is 9.97 Å². The maximum atomic E-state index is 10.9. The third-order valence-electron chi connectivity index (χ3n) is 2.16. The van der Waals surface area contributed by atoms with Crippen molar-refractivity contribution >= 4 is 11.5 Å². The molecule has 0 saturated carbocycles. The number of benzene rings is 1. The fourth-order valence-corrected chi connectivity index (χ4v) is 1.38. The average Bonchev–Trinajstić information content (AvgIpc) is 2.28. The van der Waals surface area contributed by atoms with Crippen molar-refractivity contribution in [2.24, 2.45) is 0 Å². The van der Waals surface area contributed by atoms with Crippen LogP contribution < -0.4 is 10.5 Å². The molecule has 1 aromatic heterocycles. The Kier molecular flexibility index (Phi) is 3.05. The fraction of sp³-hybridized carbons (Fsp3) is 0.0909. The standard InChI is InChI=1S/C11H10N4O3/c1-7-2-3-8(15(16)17)9(4-7)18-11-6-13-5-10(12)14-11/h2-6H,1H3,(H2,12,14). The van der Waals surface area contributed by atoms with Crippen molar-refractivity contribution in [3.05, 3.63) is 46.3 Å². The summed E-state index contributed by atoms with van der Waals surface area (Å²) in [5, 5.41) is 10.9. The molecule has 92 valence electrons. The lowest BCUT2D eigenvalue weighted by Crippen LogP contribution is -1.97. The van der Waals surface area contributed by atoms with Crippen molar-refractivity contribution in [3.8, 4) is 11.6 Å². The fourth-order valence-electron chi connectivity index (χ4n) is 1.38. The van der Waals surface area contributed by atoms with E-state index in [2.05, 4.69) is 9.97 Å². The first-order valence-electron chi connectivity index (χ1n) is 5.06. The second-order valence-corrected chi connectivity index (χ2v) is 3.61. The largest absolute Gasteiger partial charge is 0.430 e. The Hall–Kier alpha value is -2.70. The molecule has 0 amide bonds. The van der Waals surface area contributed by atoms with E-state index in [0.717, 1.165) is 5.56 Å². The van der Waals surface area contributed by atoms with Crippen molar-refractivity contribution in [3.63, 3.8) is 0 Å². The van der Waals surface area contributed by atoms with Crippen LogP contribution in [0, 0.1) is 17.0 Å². The average molecular weight is 246 g/mol. The van der Waals surface area contributed by atoms with Gasteiger partial charge in [0.25, 0.3) is 0 Å². The van der Waals surface area contributed by atoms with Crippen LogP contribution in [0.5, 0.6) is 11.6 Å². The van der Waals surface area contributed by atoms with Gasteiger partial charge in [0.05, 0.1) is 17.3 Å². The third kappa shape index (κ3) is 2.51. The predicted molar refractivity (Wildman–Crippen MR) is 64.4 cm³/mol. The van der Waals surface area contributed by atoms with Gasteiger partial charge in [-0.1, -0.05) is 6.07 Å². The molecule has 1 aromatic carbocycles. The molecule has 0 spiro atoms. The Morgan fingerprint density at radius 3 is 2.83 bits per heavy atom. The Bertz CT molecular complexity index is 601. The van der Waals surface area contributed by atoms with E-state index in [1.54, 1.807) is 12.1 Å². The predicted octanol–water partition coefficient (Wildman–Crippen LogP) is 2.07. The summed E-state index contributed by atoms with van der Waals surface area (Å²) in [5.41, 5.74) is 6.16. The first kappa shape index (κ1) is 11.8. The van der Waals surface area contributed by atoms with Gasteiger partial charge in [-0.2, -0.15) is 4.98 Å². The number of nitro groups is 1. The number of aryl methyl sites for hydroxylation is 1. The summed E-state index contributed by atoms with van der Waals surface area (Å²) in [5.74, 6) is 0.409. The number of ether oxygens (including phenoxy) is 1. The first-order valence-corrected chi connectivity index (χ1v) is 5.06. The van der Waals surface area contributed by atoms with E-state index in [-0.39, 0.29) is 23.1 Å². The smallest absolute Gasteiger partial charge is 0.311 e. The minimum atomic E-state index is -0.519. The maximum Gasteiger partial charge on any atom is 0.311 e. The summed E-state index contributed by atoms with van der Waals surface area (Å²) in [6.07, 6.45) is 2.69. The molecule has 0 radical (unpaired) electrons. The van der Waals surface area contributed by atoms with Crippen LogP contribution in [0.4, 0.5) is 11.5 Å². The van der Waals surface area contributed by atoms with E-state index < -0.39 is 4.92 Å². The van der Waals surface area contributed by atoms with Gasteiger partial charge in [-0.25, -0.2) is 0 Å². The zero-order chi connectivity index (χ0) is 13.1. The normalized spacial score (nSPS) is 10.1. The molecule has 2 rings (SSSR count). The summed E-state index contributed by atoms with van der Waals surface area (Å²) in [7, 11) is 0. The highest BCUT2D eigenvalue weighted by Crippen LogP contribution is 2.31. The number of nitrogen functional groups attached to an aromatic ring is 1. The Balaban J connectivity index is 2.39. The topological polar surface area (TPSA) is 104 Å². The number of nitrogens with two attached hydrogens (primary N) is 1. The number of rotatable bonds is 3. The van der Waals surface area contributed by atoms with Crippen LogP contribution in [0.2, 0.25) is 0 Å². The summed E-state index contributed by atoms with van der Waals surface area (Å²) >= 11 is 0. The maximum absolute atomic E-state index is 10.9. The molecule has 0 aliphatic heterocycles. The van der Waals surface area contributed by atoms with Gasteiger partial charge in [-0.15, -0.1) is 0 Å². The molecule has 0 aliphatic rings. The molecular weight excluding hydrogens is 236 g/mol. The van der Waals surface area contributed by atoms with E-state index in [9.17, 15) is 10.1 Å². The number of anilines is 1. The molecule has 0 fully saturated rings. The highest BCUT2D eigenvalue weighted by Gasteiger charge is 2.16. The van der Waals surface area contributed by atoms with Crippen LogP contribution >= 0.6 is 0 Å². The molecule has 0 bridgehead atoms. The van der Waals surface area contributed by atoms with Crippen molar-refractivity contribution < 1.29 is 9.66 Å². The minimum Gasteiger partial charge on any atom is -0.430 e. The van der Waals surface area contributed by atoms with Gasteiger partial charge in [0, 0.05) is 6.07 Å². The van der Waals surface area contributed by atoms with Gasteiger partial charge in [0.2, 0.25) is 11.6 Å². The molecular formula is C11H10N4O3. The Morgan fingerprint density at radius 1 is 1.39 bits per heavy atom. The molecule has 0 atom stereocenters. The molecule has 7 nitrogen and oxygen atoms in total. The van der Waals surface area contributed by atoms with Crippen molar-refractivity contribution in [2.45, 2.75) is 6.92 Å². The van der Waals surface area contributed by atoms with Crippen LogP contribution in [0.15, 0.2) is 30.6 Å². The zero-order valence-corrected chi connectivity index (χ0v) is 9.53. The molecule has 1 heterocycles. The number of aromatic nitrogens is 2. The number of hydrogen-bond donors (Lipinski definition) is 1.